The molecule has 1 aliphatic rings. The smallest absolute Gasteiger partial charge is 0.410 e. The van der Waals surface area contributed by atoms with Gasteiger partial charge in [-0.2, -0.15) is 0 Å². The maximum Gasteiger partial charge on any atom is 0.410 e. The lowest BCUT2D eigenvalue weighted by atomic mass is 10.1. The Kier molecular flexibility index (Phi) is 6.43. The Bertz CT molecular complexity index is 926. The van der Waals surface area contributed by atoms with Crippen molar-refractivity contribution in [3.63, 3.8) is 0 Å². The predicted octanol–water partition coefficient (Wildman–Crippen LogP) is 4.64. The minimum atomic E-state index is -0.557. The molecular formula is C22H30ClN3O4. The summed E-state index contributed by atoms with van der Waals surface area (Å²) < 4.78 is 17.8. The molecule has 0 spiro atoms. The number of ether oxygens (including phenoxy) is 3. The molecule has 1 fully saturated rings. The molecule has 1 atom stereocenters. The first kappa shape index (κ1) is 22.6. The fourth-order valence-corrected chi connectivity index (χ4v) is 3.77. The number of aromatic nitrogens is 2. The van der Waals surface area contributed by atoms with E-state index in [2.05, 4.69) is 16.9 Å². The first-order chi connectivity index (χ1) is 14.0. The number of carbonyl (C=O) groups is 1. The molecule has 2 aromatic heterocycles. The Morgan fingerprint density at radius 1 is 1.40 bits per heavy atom. The zero-order valence-electron chi connectivity index (χ0n) is 18.5. The molecule has 164 valence electrons. The Morgan fingerprint density at radius 2 is 2.13 bits per heavy atom. The molecule has 3 heterocycles. The Hall–Kier alpha value is -2.12. The molecule has 3 rings (SSSR count). The number of hydrogen-bond donors (Lipinski definition) is 0. The first-order valence-electron chi connectivity index (χ1n) is 10.2. The fraction of sp³-hybridized carbons (Fsp3) is 0.591. The fourth-order valence-electron chi connectivity index (χ4n) is 3.59. The molecule has 1 aliphatic heterocycles. The molecular weight excluding hydrogens is 406 g/mol. The van der Waals surface area contributed by atoms with Crippen molar-refractivity contribution in [2.45, 2.75) is 65.3 Å². The third-order valence-electron chi connectivity index (χ3n) is 4.66. The van der Waals surface area contributed by atoms with Gasteiger partial charge in [-0.3, -0.25) is 4.98 Å². The summed E-state index contributed by atoms with van der Waals surface area (Å²) in [5.74, 6) is 0.429. The largest absolute Gasteiger partial charge is 0.474 e. The van der Waals surface area contributed by atoms with Gasteiger partial charge in [0, 0.05) is 12.3 Å². The molecule has 7 nitrogen and oxygen atoms in total. The van der Waals surface area contributed by atoms with Gasteiger partial charge in [-0.25, -0.2) is 9.78 Å². The topological polar surface area (TPSA) is 73.8 Å². The lowest BCUT2D eigenvalue weighted by molar-refractivity contribution is -0.143. The number of nitrogens with zero attached hydrogens (tertiary/aromatic N) is 3. The molecule has 0 saturated carbocycles. The Morgan fingerprint density at radius 3 is 2.80 bits per heavy atom. The number of pyridine rings is 2. The molecule has 0 N–H and O–H groups in total. The van der Waals surface area contributed by atoms with Gasteiger partial charge in [0.1, 0.15) is 23.5 Å². The monoisotopic (exact) mass is 435 g/mol. The molecule has 8 heteroatoms. The molecule has 1 amide bonds. The zero-order valence-corrected chi connectivity index (χ0v) is 19.2. The standard InChI is InChI=1S/C22H30ClN3O4/c1-7-14-8-9-24-16-10-17(23)25-19(18(14)16)28-12-15-11-26(13-22(5,6)29-15)20(27)30-21(2,3)4/h8-10,15H,7,11-13H2,1-6H3/t15-/m0/s1. The van der Waals surface area contributed by atoms with Crippen molar-refractivity contribution in [1.29, 1.82) is 0 Å². The van der Waals surface area contributed by atoms with Crippen LogP contribution in [0.25, 0.3) is 10.9 Å². The Balaban J connectivity index is 1.79. The number of morpholine rings is 1. The van der Waals surface area contributed by atoms with Gasteiger partial charge in [0.05, 0.1) is 29.6 Å². The summed E-state index contributed by atoms with van der Waals surface area (Å²) in [7, 11) is 0. The van der Waals surface area contributed by atoms with E-state index in [-0.39, 0.29) is 18.8 Å². The minimum Gasteiger partial charge on any atom is -0.474 e. The number of hydrogen-bond acceptors (Lipinski definition) is 6. The summed E-state index contributed by atoms with van der Waals surface area (Å²) in [6.45, 7) is 12.6. The van der Waals surface area contributed by atoms with E-state index in [0.29, 0.717) is 24.1 Å². The van der Waals surface area contributed by atoms with E-state index < -0.39 is 11.2 Å². The quantitative estimate of drug-likeness (QED) is 0.651. The average molecular weight is 436 g/mol. The van der Waals surface area contributed by atoms with Crippen LogP contribution in [0.1, 0.15) is 47.1 Å². The summed E-state index contributed by atoms with van der Waals surface area (Å²) in [5, 5.41) is 1.17. The van der Waals surface area contributed by atoms with Crippen molar-refractivity contribution in [2.75, 3.05) is 19.7 Å². The second-order valence-electron chi connectivity index (χ2n) is 9.14. The van der Waals surface area contributed by atoms with Crippen LogP contribution in [0.3, 0.4) is 0 Å². The van der Waals surface area contributed by atoms with E-state index in [0.717, 1.165) is 22.9 Å². The van der Waals surface area contributed by atoms with Gasteiger partial charge < -0.3 is 19.1 Å². The molecule has 0 aromatic carbocycles. The van der Waals surface area contributed by atoms with Crippen molar-refractivity contribution in [2.24, 2.45) is 0 Å². The maximum atomic E-state index is 12.6. The number of amides is 1. The van der Waals surface area contributed by atoms with Gasteiger partial charge in [-0.15, -0.1) is 0 Å². The highest BCUT2D eigenvalue weighted by Gasteiger charge is 2.37. The molecule has 0 aliphatic carbocycles. The summed E-state index contributed by atoms with van der Waals surface area (Å²) in [6.07, 6.45) is 1.89. The normalized spacial score (nSPS) is 19.0. The van der Waals surface area contributed by atoms with E-state index in [1.165, 1.54) is 0 Å². The zero-order chi connectivity index (χ0) is 22.1. The first-order valence-corrected chi connectivity index (χ1v) is 10.6. The number of carbonyl (C=O) groups excluding carboxylic acids is 1. The lowest BCUT2D eigenvalue weighted by Crippen LogP contribution is -2.56. The Labute approximate surface area is 182 Å². The molecule has 0 unspecified atom stereocenters. The summed E-state index contributed by atoms with van der Waals surface area (Å²) in [5.41, 5.74) is 0.742. The number of fused-ring (bicyclic) bond motifs is 1. The minimum absolute atomic E-state index is 0.225. The summed E-state index contributed by atoms with van der Waals surface area (Å²) >= 11 is 6.18. The second-order valence-corrected chi connectivity index (χ2v) is 9.53. The molecule has 0 bridgehead atoms. The van der Waals surface area contributed by atoms with Gasteiger partial charge in [-0.1, -0.05) is 18.5 Å². The van der Waals surface area contributed by atoms with Crippen LogP contribution in [0.15, 0.2) is 18.3 Å². The van der Waals surface area contributed by atoms with Gasteiger partial charge in [-0.05, 0) is 52.7 Å². The van der Waals surface area contributed by atoms with E-state index in [4.69, 9.17) is 25.8 Å². The van der Waals surface area contributed by atoms with Crippen molar-refractivity contribution < 1.29 is 19.0 Å². The van der Waals surface area contributed by atoms with E-state index in [1.807, 2.05) is 40.7 Å². The third-order valence-corrected chi connectivity index (χ3v) is 4.86. The SMILES string of the molecule is CCc1ccnc2cc(Cl)nc(OC[C@@H]3CN(C(=O)OC(C)(C)C)CC(C)(C)O3)c12. The van der Waals surface area contributed by atoms with Gasteiger partial charge in [0.2, 0.25) is 5.88 Å². The number of aryl methyl sites for hydroxylation is 1. The molecule has 2 aromatic rings. The van der Waals surface area contributed by atoms with Crippen LogP contribution in [0, 0.1) is 0 Å². The number of rotatable bonds is 4. The van der Waals surface area contributed by atoms with Crippen LogP contribution >= 0.6 is 11.6 Å². The summed E-state index contributed by atoms with van der Waals surface area (Å²) in [4.78, 5) is 23.0. The third kappa shape index (κ3) is 5.52. The molecule has 30 heavy (non-hydrogen) atoms. The summed E-state index contributed by atoms with van der Waals surface area (Å²) in [6, 6.07) is 3.68. The highest BCUT2D eigenvalue weighted by Crippen LogP contribution is 2.30. The lowest BCUT2D eigenvalue weighted by Gasteiger charge is -2.42. The van der Waals surface area contributed by atoms with Crippen LogP contribution in [0.2, 0.25) is 5.15 Å². The maximum absolute atomic E-state index is 12.6. The van der Waals surface area contributed by atoms with Crippen molar-refractivity contribution in [1.82, 2.24) is 14.9 Å². The van der Waals surface area contributed by atoms with E-state index >= 15 is 0 Å². The van der Waals surface area contributed by atoms with Crippen LogP contribution in [-0.2, 0) is 15.9 Å². The van der Waals surface area contributed by atoms with Crippen LogP contribution in [0.5, 0.6) is 5.88 Å². The van der Waals surface area contributed by atoms with Gasteiger partial charge in [0.15, 0.2) is 0 Å². The van der Waals surface area contributed by atoms with E-state index in [1.54, 1.807) is 17.2 Å². The predicted molar refractivity (Wildman–Crippen MR) is 116 cm³/mol. The van der Waals surface area contributed by atoms with Crippen molar-refractivity contribution in [3.8, 4) is 5.88 Å². The van der Waals surface area contributed by atoms with E-state index in [9.17, 15) is 4.79 Å². The number of halogens is 1. The average Bonchev–Trinajstić information content (AvgIpc) is 2.62. The highest BCUT2D eigenvalue weighted by atomic mass is 35.5. The van der Waals surface area contributed by atoms with Crippen LogP contribution < -0.4 is 4.74 Å². The highest BCUT2D eigenvalue weighted by molar-refractivity contribution is 6.30. The van der Waals surface area contributed by atoms with Crippen LogP contribution in [0.4, 0.5) is 4.79 Å². The molecule has 1 saturated heterocycles. The van der Waals surface area contributed by atoms with Gasteiger partial charge >= 0.3 is 6.09 Å². The van der Waals surface area contributed by atoms with Crippen molar-refractivity contribution in [3.05, 3.63) is 29.0 Å². The van der Waals surface area contributed by atoms with Gasteiger partial charge in [0.25, 0.3) is 0 Å². The molecule has 0 radical (unpaired) electrons. The second kappa shape index (κ2) is 8.55. The van der Waals surface area contributed by atoms with Crippen LogP contribution in [-0.4, -0.2) is 58.0 Å². The van der Waals surface area contributed by atoms with Crippen molar-refractivity contribution >= 4 is 28.6 Å².